The van der Waals surface area contributed by atoms with E-state index in [9.17, 15) is 23.6 Å². The molecule has 5 N–H and O–H groups in total. The summed E-state index contributed by atoms with van der Waals surface area (Å²) in [5, 5.41) is 18.9. The monoisotopic (exact) mass is 541 g/mol. The molecule has 11 nitrogen and oxygen atoms in total. The Morgan fingerprint density at radius 3 is 2.50 bits per heavy atom. The largest absolute Gasteiger partial charge is 0.505 e. The molecule has 0 saturated heterocycles. The van der Waals surface area contributed by atoms with Crippen LogP contribution in [0.15, 0.2) is 27.8 Å². The molecule has 3 rings (SSSR count). The van der Waals surface area contributed by atoms with Crippen LogP contribution >= 0.6 is 18.3 Å². The van der Waals surface area contributed by atoms with E-state index in [0.717, 1.165) is 0 Å². The predicted molar refractivity (Wildman–Crippen MR) is 146 cm³/mol. The molecule has 0 radical (unpaired) electrons. The highest BCUT2D eigenvalue weighted by Gasteiger charge is 2.37. The van der Waals surface area contributed by atoms with E-state index in [0.29, 0.717) is 36.0 Å². The number of hydrogen-bond acceptors (Lipinski definition) is 9. The Kier molecular flexibility index (Phi) is 7.98. The van der Waals surface area contributed by atoms with Crippen LogP contribution in [0, 0.1) is 5.92 Å². The number of nitrogens with one attached hydrogen (secondary N) is 2. The summed E-state index contributed by atoms with van der Waals surface area (Å²) >= 11 is 0. The van der Waals surface area contributed by atoms with Crippen LogP contribution in [0.3, 0.4) is 0 Å². The van der Waals surface area contributed by atoms with Crippen molar-refractivity contribution in [3.63, 3.8) is 0 Å². The Labute approximate surface area is 213 Å². The summed E-state index contributed by atoms with van der Waals surface area (Å²) in [5.41, 5.74) is -0.292. The third-order valence-corrected chi connectivity index (χ3v) is 8.07. The molecule has 0 aliphatic carbocycles. The Balaban J connectivity index is 2.23. The average molecular weight is 542 g/mol. The van der Waals surface area contributed by atoms with Crippen molar-refractivity contribution in [1.82, 2.24) is 9.78 Å². The van der Waals surface area contributed by atoms with Crippen molar-refractivity contribution < 1.29 is 23.3 Å². The quantitative estimate of drug-likeness (QED) is 0.298. The summed E-state index contributed by atoms with van der Waals surface area (Å²) in [6.45, 7) is 11.8. The minimum absolute atomic E-state index is 0.0717. The van der Waals surface area contributed by atoms with Gasteiger partial charge in [-0.2, -0.15) is 9.86 Å². The maximum absolute atomic E-state index is 14.0. The van der Waals surface area contributed by atoms with Gasteiger partial charge in [0.2, 0.25) is 0 Å². The number of benzene rings is 1. The van der Waals surface area contributed by atoms with Gasteiger partial charge in [-0.3, -0.25) is 23.2 Å². The Hall–Kier alpha value is -2.37. The van der Waals surface area contributed by atoms with Crippen molar-refractivity contribution in [3.8, 4) is 5.75 Å². The minimum Gasteiger partial charge on any atom is -0.505 e. The zero-order valence-corrected chi connectivity index (χ0v) is 23.4. The fourth-order valence-corrected chi connectivity index (χ4v) is 6.07. The number of rotatable bonds is 8. The zero-order valence-electron chi connectivity index (χ0n) is 21.7. The lowest BCUT2D eigenvalue weighted by atomic mass is 9.90. The molecule has 0 fully saturated rings. The van der Waals surface area contributed by atoms with Crippen LogP contribution in [0.4, 0.5) is 11.4 Å². The zero-order chi connectivity index (χ0) is 27.1. The molecular formula is C23H36N5O6PS. The molecule has 1 unspecified atom stereocenters. The van der Waals surface area contributed by atoms with Crippen molar-refractivity contribution in [1.29, 1.82) is 0 Å². The average Bonchev–Trinajstić information content (AvgIpc) is 2.71. The minimum atomic E-state index is -3.91. The first-order valence-electron chi connectivity index (χ1n) is 11.7. The van der Waals surface area contributed by atoms with Gasteiger partial charge in [-0.05, 0) is 37.5 Å². The standard InChI is InChI=1S/C23H36N5O6PS/c1-8-34-35(31)17-13-15(27-36(7,32)33)9-10-16(17)24-21(26-35)18-19(29)20(23(4,5)6)25-28(22(18)30)12-11-14(2)3/h9-10,13-14,27,29,32-33H,8,11-12H2,1-7H3,(H,24,26,31). The Bertz CT molecular complexity index is 1280. The third kappa shape index (κ3) is 6.12. The first kappa shape index (κ1) is 28.2. The summed E-state index contributed by atoms with van der Waals surface area (Å²) in [5.74, 6) is -0.0775. The van der Waals surface area contributed by atoms with Crippen molar-refractivity contribution in [3.05, 3.63) is 39.8 Å². The number of aromatic hydroxyl groups is 1. The second-order valence-electron chi connectivity index (χ2n) is 10.2. The van der Waals surface area contributed by atoms with Crippen LogP contribution in [0.2, 0.25) is 0 Å². The molecule has 2 heterocycles. The van der Waals surface area contributed by atoms with E-state index in [-0.39, 0.29) is 29.1 Å². The van der Waals surface area contributed by atoms with Gasteiger partial charge in [0.1, 0.15) is 11.3 Å². The Morgan fingerprint density at radius 1 is 1.28 bits per heavy atom. The molecule has 1 atom stereocenters. The summed E-state index contributed by atoms with van der Waals surface area (Å²) in [4.78, 5) is 13.5. The molecule has 0 amide bonds. The second kappa shape index (κ2) is 10.2. The number of amidine groups is 1. The fraction of sp³-hybridized carbons (Fsp3) is 0.522. The number of aromatic nitrogens is 2. The van der Waals surface area contributed by atoms with Gasteiger partial charge in [-0.1, -0.05) is 34.6 Å². The topological polar surface area (TPSA) is 158 Å². The van der Waals surface area contributed by atoms with Crippen molar-refractivity contribution in [2.75, 3.05) is 22.9 Å². The second-order valence-corrected chi connectivity index (χ2v) is 14.1. The van der Waals surface area contributed by atoms with Gasteiger partial charge in [-0.25, -0.2) is 4.68 Å². The maximum atomic E-state index is 14.0. The number of anilines is 2. The number of nitrogens with zero attached hydrogens (tertiary/aromatic N) is 3. The first-order chi connectivity index (χ1) is 16.6. The van der Waals surface area contributed by atoms with Crippen LogP contribution in [0.5, 0.6) is 5.75 Å². The number of aryl methyl sites for hydroxylation is 1. The van der Waals surface area contributed by atoms with Crippen LogP contribution in [0.25, 0.3) is 0 Å². The van der Waals surface area contributed by atoms with Gasteiger partial charge in [0.15, 0.2) is 11.6 Å². The molecule has 1 aromatic carbocycles. The van der Waals surface area contributed by atoms with Crippen molar-refractivity contribution >= 4 is 40.8 Å². The fourth-order valence-electron chi connectivity index (χ4n) is 3.69. The first-order valence-corrected chi connectivity index (χ1v) is 15.2. The number of fused-ring (bicyclic) bond motifs is 1. The van der Waals surface area contributed by atoms with Gasteiger partial charge >= 0.3 is 7.52 Å². The molecule has 0 saturated carbocycles. The molecule has 1 aliphatic rings. The lowest BCUT2D eigenvalue weighted by Crippen LogP contribution is -2.36. The van der Waals surface area contributed by atoms with Gasteiger partial charge < -0.3 is 14.9 Å². The van der Waals surface area contributed by atoms with Gasteiger partial charge in [0.25, 0.3) is 5.56 Å². The summed E-state index contributed by atoms with van der Waals surface area (Å²) < 4.78 is 47.3. The van der Waals surface area contributed by atoms with E-state index in [1.807, 2.05) is 34.6 Å². The summed E-state index contributed by atoms with van der Waals surface area (Å²) in [6, 6.07) is 4.60. The molecule has 13 heteroatoms. The van der Waals surface area contributed by atoms with Gasteiger partial charge in [-0.15, -0.1) is 10.8 Å². The van der Waals surface area contributed by atoms with E-state index in [2.05, 4.69) is 19.9 Å². The maximum Gasteiger partial charge on any atom is 0.348 e. The highest BCUT2D eigenvalue weighted by atomic mass is 32.3. The SMILES string of the molecule is CCOP1(=O)N=C(c2c(O)c(C(C)(C)C)nn(CCC(C)C)c2=O)Nc2ccc(NS(C)(O)O)cc21. The lowest BCUT2D eigenvalue weighted by molar-refractivity contribution is 0.341. The van der Waals surface area contributed by atoms with Crippen LogP contribution in [-0.2, 0) is 21.0 Å². The lowest BCUT2D eigenvalue weighted by Gasteiger charge is -2.30. The molecule has 200 valence electrons. The van der Waals surface area contributed by atoms with Crippen LogP contribution in [0.1, 0.15) is 59.2 Å². The molecule has 0 spiro atoms. The highest BCUT2D eigenvalue weighted by Crippen LogP contribution is 2.53. The van der Waals surface area contributed by atoms with Gasteiger partial charge in [0.05, 0.1) is 23.3 Å². The van der Waals surface area contributed by atoms with E-state index >= 15 is 0 Å². The summed E-state index contributed by atoms with van der Waals surface area (Å²) in [6.07, 6.45) is 1.93. The van der Waals surface area contributed by atoms with E-state index < -0.39 is 29.3 Å². The van der Waals surface area contributed by atoms with E-state index in [1.165, 1.54) is 17.0 Å². The Morgan fingerprint density at radius 2 is 1.94 bits per heavy atom. The van der Waals surface area contributed by atoms with Crippen LogP contribution < -0.4 is 20.9 Å². The summed E-state index contributed by atoms with van der Waals surface area (Å²) in [7, 11) is -6.98. The van der Waals surface area contributed by atoms with E-state index in [4.69, 9.17) is 4.52 Å². The van der Waals surface area contributed by atoms with Crippen molar-refractivity contribution in [2.24, 2.45) is 10.7 Å². The third-order valence-electron chi connectivity index (χ3n) is 5.40. The molecule has 1 aliphatic heterocycles. The van der Waals surface area contributed by atoms with Crippen molar-refractivity contribution in [2.45, 2.75) is 59.9 Å². The van der Waals surface area contributed by atoms with E-state index in [1.54, 1.807) is 19.1 Å². The predicted octanol–water partition coefficient (Wildman–Crippen LogP) is 4.73. The molecular weight excluding hydrogens is 505 g/mol. The number of hydrogen-bond donors (Lipinski definition) is 5. The molecule has 0 bridgehead atoms. The normalized spacial score (nSPS) is 18.4. The van der Waals surface area contributed by atoms with Crippen LogP contribution in [-0.4, -0.2) is 42.7 Å². The molecule has 36 heavy (non-hydrogen) atoms. The smallest absolute Gasteiger partial charge is 0.348 e. The highest BCUT2D eigenvalue weighted by molar-refractivity contribution is 8.24. The van der Waals surface area contributed by atoms with Gasteiger partial charge in [0, 0.05) is 18.2 Å². The molecule has 2 aromatic rings. The molecule has 1 aromatic heterocycles.